The molecule has 1 aromatic heterocycles. The first-order valence-electron chi connectivity index (χ1n) is 8.07. The number of amides is 1. The SMILES string of the molecule is CO[C@H]1CN(C(=O)CCn2ccc(C)n2)CC[C@@]12CCCO2. The van der Waals surface area contributed by atoms with Gasteiger partial charge in [-0.25, -0.2) is 0 Å². The molecule has 2 saturated heterocycles. The second-order valence-corrected chi connectivity index (χ2v) is 6.30. The molecule has 0 N–H and O–H groups in total. The fourth-order valence-corrected chi connectivity index (χ4v) is 3.58. The first kappa shape index (κ1) is 15.5. The van der Waals surface area contributed by atoms with E-state index >= 15 is 0 Å². The van der Waals surface area contributed by atoms with E-state index in [0.717, 1.165) is 38.1 Å². The summed E-state index contributed by atoms with van der Waals surface area (Å²) in [5.74, 6) is 0.169. The summed E-state index contributed by atoms with van der Waals surface area (Å²) in [6.07, 6.45) is 5.38. The standard InChI is InChI=1S/C16H25N3O3/c1-13-4-8-19(17-13)9-5-15(20)18-10-7-16(6-3-11-22-16)14(12-18)21-2/h4,8,14H,3,5-7,9-12H2,1-2H3/t14-,16-/m0/s1. The molecule has 2 atom stereocenters. The molecular formula is C16H25N3O3. The Balaban J connectivity index is 1.55. The summed E-state index contributed by atoms with van der Waals surface area (Å²) in [7, 11) is 1.72. The average Bonchev–Trinajstić information content (AvgIpc) is 3.15. The third kappa shape index (κ3) is 3.03. The van der Waals surface area contributed by atoms with E-state index in [1.165, 1.54) is 0 Å². The second kappa shape index (κ2) is 6.38. The van der Waals surface area contributed by atoms with Crippen molar-refractivity contribution >= 4 is 5.91 Å². The van der Waals surface area contributed by atoms with E-state index < -0.39 is 0 Å². The molecule has 22 heavy (non-hydrogen) atoms. The lowest BCUT2D eigenvalue weighted by molar-refractivity contribution is -0.158. The molecular weight excluding hydrogens is 282 g/mol. The molecule has 0 saturated carbocycles. The number of nitrogens with zero attached hydrogens (tertiary/aromatic N) is 3. The lowest BCUT2D eigenvalue weighted by atomic mass is 9.85. The minimum atomic E-state index is -0.162. The molecule has 3 rings (SSSR count). The van der Waals surface area contributed by atoms with Gasteiger partial charge in [0.05, 0.1) is 11.3 Å². The number of piperidine rings is 1. The monoisotopic (exact) mass is 307 g/mol. The van der Waals surface area contributed by atoms with Gasteiger partial charge in [0.2, 0.25) is 5.91 Å². The highest BCUT2D eigenvalue weighted by Crippen LogP contribution is 2.37. The van der Waals surface area contributed by atoms with E-state index in [1.54, 1.807) is 7.11 Å². The smallest absolute Gasteiger partial charge is 0.224 e. The number of aromatic nitrogens is 2. The minimum absolute atomic E-state index is 0.0142. The van der Waals surface area contributed by atoms with Crippen molar-refractivity contribution in [1.82, 2.24) is 14.7 Å². The number of hydrogen-bond acceptors (Lipinski definition) is 4. The fourth-order valence-electron chi connectivity index (χ4n) is 3.58. The summed E-state index contributed by atoms with van der Waals surface area (Å²) >= 11 is 0. The zero-order chi connectivity index (χ0) is 15.6. The van der Waals surface area contributed by atoms with Gasteiger partial charge in [0.1, 0.15) is 6.10 Å². The topological polar surface area (TPSA) is 56.6 Å². The number of carbonyl (C=O) groups is 1. The van der Waals surface area contributed by atoms with E-state index in [2.05, 4.69) is 5.10 Å². The fraction of sp³-hybridized carbons (Fsp3) is 0.750. The van der Waals surface area contributed by atoms with E-state index in [0.29, 0.717) is 19.5 Å². The van der Waals surface area contributed by atoms with Crippen LogP contribution in [-0.4, -0.2) is 59.1 Å². The molecule has 122 valence electrons. The Labute approximate surface area is 131 Å². The van der Waals surface area contributed by atoms with Crippen molar-refractivity contribution in [3.05, 3.63) is 18.0 Å². The lowest BCUT2D eigenvalue weighted by Gasteiger charge is -2.44. The molecule has 0 aliphatic carbocycles. The van der Waals surface area contributed by atoms with Crippen LogP contribution in [0.4, 0.5) is 0 Å². The number of carbonyl (C=O) groups excluding carboxylic acids is 1. The maximum absolute atomic E-state index is 12.4. The van der Waals surface area contributed by atoms with Crippen LogP contribution >= 0.6 is 0 Å². The van der Waals surface area contributed by atoms with E-state index in [-0.39, 0.29) is 17.6 Å². The predicted octanol–water partition coefficient (Wildman–Crippen LogP) is 1.38. The average molecular weight is 307 g/mol. The van der Waals surface area contributed by atoms with Crippen molar-refractivity contribution in [2.45, 2.75) is 50.9 Å². The Kier molecular flexibility index (Phi) is 4.49. The molecule has 1 aromatic rings. The highest BCUT2D eigenvalue weighted by atomic mass is 16.5. The highest BCUT2D eigenvalue weighted by molar-refractivity contribution is 5.76. The summed E-state index contributed by atoms with van der Waals surface area (Å²) in [5.41, 5.74) is 0.815. The third-order valence-electron chi connectivity index (χ3n) is 4.88. The molecule has 0 radical (unpaired) electrons. The van der Waals surface area contributed by atoms with Gasteiger partial charge in [0.15, 0.2) is 0 Å². The summed E-state index contributed by atoms with van der Waals surface area (Å²) in [6.45, 7) is 4.78. The quantitative estimate of drug-likeness (QED) is 0.843. The summed E-state index contributed by atoms with van der Waals surface area (Å²) in [6, 6.07) is 1.95. The Morgan fingerprint density at radius 2 is 2.41 bits per heavy atom. The maximum Gasteiger partial charge on any atom is 0.224 e. The first-order valence-corrected chi connectivity index (χ1v) is 8.07. The number of hydrogen-bond donors (Lipinski definition) is 0. The van der Waals surface area contributed by atoms with E-state index in [9.17, 15) is 4.79 Å². The van der Waals surface area contributed by atoms with Gasteiger partial charge in [-0.05, 0) is 32.3 Å². The van der Waals surface area contributed by atoms with E-state index in [4.69, 9.17) is 9.47 Å². The molecule has 3 heterocycles. The van der Waals surface area contributed by atoms with Crippen LogP contribution in [0, 0.1) is 6.92 Å². The van der Waals surface area contributed by atoms with Crippen LogP contribution in [0.3, 0.4) is 0 Å². The zero-order valence-corrected chi connectivity index (χ0v) is 13.5. The predicted molar refractivity (Wildman–Crippen MR) is 81.5 cm³/mol. The highest BCUT2D eigenvalue weighted by Gasteiger charge is 2.47. The van der Waals surface area contributed by atoms with Gasteiger partial charge in [0, 0.05) is 46.0 Å². The molecule has 0 aromatic carbocycles. The zero-order valence-electron chi connectivity index (χ0n) is 13.5. The van der Waals surface area contributed by atoms with Crippen LogP contribution in [0.15, 0.2) is 12.3 Å². The molecule has 2 aliphatic heterocycles. The van der Waals surface area contributed by atoms with Crippen molar-refractivity contribution in [3.8, 4) is 0 Å². The summed E-state index contributed by atoms with van der Waals surface area (Å²) in [4.78, 5) is 14.3. The Morgan fingerprint density at radius 1 is 1.55 bits per heavy atom. The van der Waals surface area contributed by atoms with Crippen LogP contribution in [0.1, 0.15) is 31.4 Å². The molecule has 2 fully saturated rings. The van der Waals surface area contributed by atoms with Crippen LogP contribution < -0.4 is 0 Å². The van der Waals surface area contributed by atoms with Crippen LogP contribution in [-0.2, 0) is 20.8 Å². The first-order chi connectivity index (χ1) is 10.6. The summed E-state index contributed by atoms with van der Waals surface area (Å²) < 4.78 is 13.4. The van der Waals surface area contributed by atoms with Crippen molar-refractivity contribution in [1.29, 1.82) is 0 Å². The molecule has 0 bridgehead atoms. The molecule has 2 aliphatic rings. The van der Waals surface area contributed by atoms with Crippen LogP contribution in [0.2, 0.25) is 0 Å². The number of rotatable bonds is 4. The van der Waals surface area contributed by atoms with Crippen LogP contribution in [0.25, 0.3) is 0 Å². The maximum atomic E-state index is 12.4. The molecule has 6 nitrogen and oxygen atoms in total. The van der Waals surface area contributed by atoms with Crippen molar-refractivity contribution < 1.29 is 14.3 Å². The number of methoxy groups -OCH3 is 1. The van der Waals surface area contributed by atoms with E-state index in [1.807, 2.05) is 28.8 Å². The molecule has 0 unspecified atom stereocenters. The van der Waals surface area contributed by atoms with Crippen molar-refractivity contribution in [2.24, 2.45) is 0 Å². The Morgan fingerprint density at radius 3 is 3.05 bits per heavy atom. The largest absolute Gasteiger partial charge is 0.377 e. The Bertz CT molecular complexity index is 522. The lowest BCUT2D eigenvalue weighted by Crippen LogP contribution is -2.57. The second-order valence-electron chi connectivity index (χ2n) is 6.30. The normalized spacial score (nSPS) is 28.5. The number of ether oxygens (including phenoxy) is 2. The Hall–Kier alpha value is -1.40. The van der Waals surface area contributed by atoms with Gasteiger partial charge < -0.3 is 14.4 Å². The van der Waals surface area contributed by atoms with Crippen LogP contribution in [0.5, 0.6) is 0 Å². The number of aryl methyl sites for hydroxylation is 2. The van der Waals surface area contributed by atoms with Gasteiger partial charge in [-0.15, -0.1) is 0 Å². The van der Waals surface area contributed by atoms with Crippen molar-refractivity contribution in [2.75, 3.05) is 26.8 Å². The molecule has 1 spiro atoms. The van der Waals surface area contributed by atoms with Crippen molar-refractivity contribution in [3.63, 3.8) is 0 Å². The minimum Gasteiger partial charge on any atom is -0.377 e. The van der Waals surface area contributed by atoms with Gasteiger partial charge >= 0.3 is 0 Å². The number of likely N-dealkylation sites (tertiary alicyclic amines) is 1. The van der Waals surface area contributed by atoms with Gasteiger partial charge in [-0.3, -0.25) is 9.48 Å². The molecule has 6 heteroatoms. The summed E-state index contributed by atoms with van der Waals surface area (Å²) in [5, 5.41) is 4.32. The van der Waals surface area contributed by atoms with Gasteiger partial charge in [-0.2, -0.15) is 5.10 Å². The van der Waals surface area contributed by atoms with Gasteiger partial charge in [-0.1, -0.05) is 0 Å². The molecule has 1 amide bonds. The third-order valence-corrected chi connectivity index (χ3v) is 4.88. The van der Waals surface area contributed by atoms with Gasteiger partial charge in [0.25, 0.3) is 0 Å².